The molecular weight excluding hydrogens is 288 g/mol. The van der Waals surface area contributed by atoms with Crippen molar-refractivity contribution >= 4 is 21.8 Å². The standard InChI is InChI=1S/C11H13BrN2O3/c1-6-9(12)10(16)8(4-13-6)11(17)14-3-2-7(15)5-14/h4,7,15H,2-3,5H2,1H3,(H,13,16)/t7-/m0/s1. The van der Waals surface area contributed by atoms with E-state index in [0.717, 1.165) is 0 Å². The number of aromatic nitrogens is 1. The molecule has 1 aromatic rings. The molecule has 6 heteroatoms. The number of halogens is 1. The van der Waals surface area contributed by atoms with Gasteiger partial charge in [0.1, 0.15) is 5.56 Å². The third kappa shape index (κ3) is 2.28. The first-order chi connectivity index (χ1) is 8.00. The van der Waals surface area contributed by atoms with Crippen LogP contribution in [0, 0.1) is 6.92 Å². The van der Waals surface area contributed by atoms with Crippen molar-refractivity contribution in [3.05, 3.63) is 32.2 Å². The van der Waals surface area contributed by atoms with E-state index in [0.29, 0.717) is 29.7 Å². The van der Waals surface area contributed by atoms with Crippen LogP contribution in [0.4, 0.5) is 0 Å². The van der Waals surface area contributed by atoms with E-state index < -0.39 is 6.10 Å². The monoisotopic (exact) mass is 300 g/mol. The number of aliphatic hydroxyl groups excluding tert-OH is 1. The van der Waals surface area contributed by atoms with Crippen LogP contribution in [0.2, 0.25) is 0 Å². The molecule has 1 aliphatic heterocycles. The van der Waals surface area contributed by atoms with Crippen molar-refractivity contribution in [3.8, 4) is 0 Å². The molecule has 1 aliphatic rings. The number of H-pyrrole nitrogens is 1. The fourth-order valence-corrected chi connectivity index (χ4v) is 2.18. The molecule has 1 amide bonds. The molecule has 1 atom stereocenters. The summed E-state index contributed by atoms with van der Waals surface area (Å²) in [6, 6.07) is 0. The number of rotatable bonds is 1. The van der Waals surface area contributed by atoms with Gasteiger partial charge in [-0.05, 0) is 29.3 Å². The maximum Gasteiger partial charge on any atom is 0.259 e. The zero-order chi connectivity index (χ0) is 12.6. The van der Waals surface area contributed by atoms with Crippen LogP contribution in [0.15, 0.2) is 15.5 Å². The minimum atomic E-state index is -0.480. The van der Waals surface area contributed by atoms with Gasteiger partial charge >= 0.3 is 0 Å². The van der Waals surface area contributed by atoms with Gasteiger partial charge in [0.2, 0.25) is 5.43 Å². The second kappa shape index (κ2) is 4.62. The third-order valence-corrected chi connectivity index (χ3v) is 3.84. The Kier molecular flexibility index (Phi) is 3.35. The van der Waals surface area contributed by atoms with Crippen molar-refractivity contribution in [3.63, 3.8) is 0 Å². The van der Waals surface area contributed by atoms with E-state index in [1.54, 1.807) is 6.92 Å². The minimum absolute atomic E-state index is 0.108. The summed E-state index contributed by atoms with van der Waals surface area (Å²) in [4.78, 5) is 28.3. The third-order valence-electron chi connectivity index (χ3n) is 2.89. The molecule has 0 saturated carbocycles. The Bertz CT molecular complexity index is 512. The molecule has 0 aromatic carbocycles. The summed E-state index contributed by atoms with van der Waals surface area (Å²) in [5.41, 5.74) is 0.484. The number of amides is 1. The molecule has 1 saturated heterocycles. The normalized spacial score (nSPS) is 19.7. The van der Waals surface area contributed by atoms with Gasteiger partial charge < -0.3 is 15.0 Å². The molecule has 0 spiro atoms. The Balaban J connectivity index is 2.32. The molecule has 5 nitrogen and oxygen atoms in total. The zero-order valence-corrected chi connectivity index (χ0v) is 11.0. The summed E-state index contributed by atoms with van der Waals surface area (Å²) in [5.74, 6) is -0.330. The Labute approximate surface area is 107 Å². The van der Waals surface area contributed by atoms with Crippen LogP contribution >= 0.6 is 15.9 Å². The number of aromatic amines is 1. The fraction of sp³-hybridized carbons (Fsp3) is 0.455. The minimum Gasteiger partial charge on any atom is -0.391 e. The van der Waals surface area contributed by atoms with Crippen LogP contribution < -0.4 is 5.43 Å². The average Bonchev–Trinajstić information content (AvgIpc) is 2.72. The second-order valence-corrected chi connectivity index (χ2v) is 4.96. The summed E-state index contributed by atoms with van der Waals surface area (Å²) in [6.45, 7) is 2.54. The van der Waals surface area contributed by atoms with Crippen LogP contribution in [0.25, 0.3) is 0 Å². The summed E-state index contributed by atoms with van der Waals surface area (Å²) < 4.78 is 0.378. The molecule has 0 bridgehead atoms. The number of carbonyl (C=O) groups is 1. The summed E-state index contributed by atoms with van der Waals surface area (Å²) >= 11 is 3.15. The largest absolute Gasteiger partial charge is 0.391 e. The number of likely N-dealkylation sites (tertiary alicyclic amines) is 1. The highest BCUT2D eigenvalue weighted by molar-refractivity contribution is 9.10. The van der Waals surface area contributed by atoms with Crippen molar-refractivity contribution in [2.24, 2.45) is 0 Å². The van der Waals surface area contributed by atoms with Gasteiger partial charge in [0.05, 0.1) is 10.6 Å². The highest BCUT2D eigenvalue weighted by Gasteiger charge is 2.27. The van der Waals surface area contributed by atoms with Crippen LogP contribution in [0.1, 0.15) is 22.5 Å². The molecule has 92 valence electrons. The number of nitrogens with zero attached hydrogens (tertiary/aromatic N) is 1. The lowest BCUT2D eigenvalue weighted by Crippen LogP contribution is -2.33. The maximum atomic E-state index is 12.1. The van der Waals surface area contributed by atoms with E-state index in [4.69, 9.17) is 0 Å². The number of β-amino-alcohol motifs (C(OH)–C–C–N with tert-alkyl or cyclic N) is 1. The first-order valence-electron chi connectivity index (χ1n) is 5.36. The van der Waals surface area contributed by atoms with Gasteiger partial charge in [-0.3, -0.25) is 9.59 Å². The van der Waals surface area contributed by atoms with E-state index in [-0.39, 0.29) is 16.9 Å². The lowest BCUT2D eigenvalue weighted by atomic mass is 10.2. The van der Waals surface area contributed by atoms with Crippen molar-refractivity contribution in [1.29, 1.82) is 0 Å². The first kappa shape index (κ1) is 12.3. The van der Waals surface area contributed by atoms with E-state index >= 15 is 0 Å². The van der Waals surface area contributed by atoms with Gasteiger partial charge in [-0.15, -0.1) is 0 Å². The molecule has 2 N–H and O–H groups in total. The van der Waals surface area contributed by atoms with Gasteiger partial charge in [0, 0.05) is 25.0 Å². The lowest BCUT2D eigenvalue weighted by molar-refractivity contribution is 0.0763. The Morgan fingerprint density at radius 3 is 2.94 bits per heavy atom. The zero-order valence-electron chi connectivity index (χ0n) is 9.36. The number of hydrogen-bond acceptors (Lipinski definition) is 3. The second-order valence-electron chi connectivity index (χ2n) is 4.16. The number of carbonyl (C=O) groups excluding carboxylic acids is 1. The Morgan fingerprint density at radius 2 is 2.35 bits per heavy atom. The van der Waals surface area contributed by atoms with Gasteiger partial charge in [-0.25, -0.2) is 0 Å². The first-order valence-corrected chi connectivity index (χ1v) is 6.15. The predicted octanol–water partition coefficient (Wildman–Crippen LogP) is 0.653. The Morgan fingerprint density at radius 1 is 1.65 bits per heavy atom. The van der Waals surface area contributed by atoms with Crippen LogP contribution in [0.5, 0.6) is 0 Å². The van der Waals surface area contributed by atoms with E-state index in [2.05, 4.69) is 20.9 Å². The summed E-state index contributed by atoms with van der Waals surface area (Å²) in [5, 5.41) is 9.37. The summed E-state index contributed by atoms with van der Waals surface area (Å²) in [6.07, 6.45) is 1.51. The van der Waals surface area contributed by atoms with Crippen LogP contribution in [-0.2, 0) is 0 Å². The molecule has 17 heavy (non-hydrogen) atoms. The highest BCUT2D eigenvalue weighted by atomic mass is 79.9. The molecular formula is C11H13BrN2O3. The lowest BCUT2D eigenvalue weighted by Gasteiger charge is -2.15. The maximum absolute atomic E-state index is 12.1. The fourth-order valence-electron chi connectivity index (χ4n) is 1.85. The number of aliphatic hydroxyl groups is 1. The number of hydrogen-bond donors (Lipinski definition) is 2. The molecule has 2 heterocycles. The van der Waals surface area contributed by atoms with Crippen molar-refractivity contribution in [2.75, 3.05) is 13.1 Å². The van der Waals surface area contributed by atoms with E-state index in [9.17, 15) is 14.7 Å². The van der Waals surface area contributed by atoms with E-state index in [1.165, 1.54) is 11.1 Å². The topological polar surface area (TPSA) is 73.4 Å². The van der Waals surface area contributed by atoms with Crippen molar-refractivity contribution < 1.29 is 9.90 Å². The highest BCUT2D eigenvalue weighted by Crippen LogP contribution is 2.14. The Hall–Kier alpha value is -1.14. The number of aryl methyl sites for hydroxylation is 1. The number of nitrogens with one attached hydrogen (secondary N) is 1. The van der Waals surface area contributed by atoms with Gasteiger partial charge in [0.15, 0.2) is 0 Å². The van der Waals surface area contributed by atoms with Crippen LogP contribution in [-0.4, -0.2) is 40.1 Å². The average molecular weight is 301 g/mol. The van der Waals surface area contributed by atoms with E-state index in [1.807, 2.05) is 0 Å². The molecule has 0 aliphatic carbocycles. The molecule has 1 fully saturated rings. The molecule has 1 aromatic heterocycles. The van der Waals surface area contributed by atoms with Gasteiger partial charge in [-0.1, -0.05) is 0 Å². The summed E-state index contributed by atoms with van der Waals surface area (Å²) in [7, 11) is 0. The van der Waals surface area contributed by atoms with Crippen molar-refractivity contribution in [1.82, 2.24) is 9.88 Å². The molecule has 0 radical (unpaired) electrons. The smallest absolute Gasteiger partial charge is 0.259 e. The van der Waals surface area contributed by atoms with Crippen LogP contribution in [0.3, 0.4) is 0 Å². The predicted molar refractivity (Wildman–Crippen MR) is 66.0 cm³/mol. The van der Waals surface area contributed by atoms with Gasteiger partial charge in [0.25, 0.3) is 5.91 Å². The van der Waals surface area contributed by atoms with Gasteiger partial charge in [-0.2, -0.15) is 0 Å². The molecule has 0 unspecified atom stereocenters. The number of pyridine rings is 1. The SMILES string of the molecule is Cc1[nH]cc(C(=O)N2CC[C@H](O)C2)c(=O)c1Br. The van der Waals surface area contributed by atoms with Crippen molar-refractivity contribution in [2.45, 2.75) is 19.4 Å². The molecule has 2 rings (SSSR count). The quantitative estimate of drug-likeness (QED) is 0.800.